The minimum absolute atomic E-state index is 1.02. The second-order valence-corrected chi connectivity index (χ2v) is 11.2. The topological polar surface area (TPSA) is 7.12 Å². The maximum Gasteiger partial charge on any atom is 0.169 e. The summed E-state index contributed by atoms with van der Waals surface area (Å²) < 4.78 is 2.03. The van der Waals surface area contributed by atoms with Crippen LogP contribution in [0.5, 0.6) is 0 Å². The van der Waals surface area contributed by atoms with Gasteiger partial charge in [-0.3, -0.25) is 0 Å². The number of anilines is 1. The second-order valence-electron chi connectivity index (χ2n) is 11.2. The van der Waals surface area contributed by atoms with Crippen LogP contribution in [0.2, 0.25) is 0 Å². The molecule has 0 fully saturated rings. The Morgan fingerprint density at radius 3 is 1.18 bits per heavy atom. The summed E-state index contributed by atoms with van der Waals surface area (Å²) in [5.41, 5.74) is 9.05. The summed E-state index contributed by atoms with van der Waals surface area (Å²) in [6, 6.07) is 56.4. The van der Waals surface area contributed by atoms with Crippen molar-refractivity contribution < 1.29 is 4.57 Å². The van der Waals surface area contributed by atoms with E-state index in [0.717, 1.165) is 6.54 Å². The Morgan fingerprint density at radius 1 is 0.500 bits per heavy atom. The van der Waals surface area contributed by atoms with E-state index in [9.17, 15) is 0 Å². The van der Waals surface area contributed by atoms with E-state index in [1.54, 1.807) is 0 Å². The van der Waals surface area contributed by atoms with E-state index < -0.39 is 6.15 Å². The van der Waals surface area contributed by atoms with E-state index in [1.165, 1.54) is 38.7 Å². The van der Waals surface area contributed by atoms with Crippen molar-refractivity contribution in [2.24, 2.45) is 7.05 Å². The fraction of sp³-hybridized carbons (Fsp3) is 0.0976. The van der Waals surface area contributed by atoms with Crippen LogP contribution in [0.3, 0.4) is 0 Å². The van der Waals surface area contributed by atoms with Gasteiger partial charge in [0.2, 0.25) is 0 Å². The Morgan fingerprint density at radius 2 is 0.841 bits per heavy atom. The molecule has 44 heavy (non-hydrogen) atoms. The average Bonchev–Trinajstić information content (AvgIpc) is 3.10. The van der Waals surface area contributed by atoms with Crippen LogP contribution in [0.15, 0.2) is 170 Å². The standard InChI is InChI=1S/C24H20B.C17H21N2/c1-5-13-21(14-6-1)25(22-15-7-2-8-16-22,23-17-9-3-10-18-23)24-19-11-4-12-20-24;1-4-19(3)17-9-7-15(8-10-17)5-6-16-11-13-18(2)14-12-16/h1-20H;5-14H,4H2,1-3H3/q-1;+1. The van der Waals surface area contributed by atoms with Crippen LogP contribution < -0.4 is 31.3 Å². The zero-order valence-electron chi connectivity index (χ0n) is 26.0. The molecule has 0 unspecified atom stereocenters. The predicted octanol–water partition coefficient (Wildman–Crippen LogP) is 6.20. The first-order chi connectivity index (χ1) is 21.6. The van der Waals surface area contributed by atoms with Crippen LogP contribution in [-0.2, 0) is 7.05 Å². The molecule has 0 aliphatic carbocycles. The van der Waals surface area contributed by atoms with Crippen molar-refractivity contribution >= 4 is 45.8 Å². The van der Waals surface area contributed by atoms with E-state index in [4.69, 9.17) is 0 Å². The lowest BCUT2D eigenvalue weighted by molar-refractivity contribution is -0.671. The molecule has 5 aromatic carbocycles. The average molecular weight is 573 g/mol. The van der Waals surface area contributed by atoms with Gasteiger partial charge in [0.05, 0.1) is 0 Å². The molecule has 0 aliphatic rings. The van der Waals surface area contributed by atoms with Crippen LogP contribution in [0.4, 0.5) is 5.69 Å². The summed E-state index contributed by atoms with van der Waals surface area (Å²) >= 11 is 0. The van der Waals surface area contributed by atoms with Crippen LogP contribution in [0.25, 0.3) is 12.2 Å². The summed E-state index contributed by atoms with van der Waals surface area (Å²) in [5, 5.41) is 0. The monoisotopic (exact) mass is 572 g/mol. The first-order valence-corrected chi connectivity index (χ1v) is 15.4. The van der Waals surface area contributed by atoms with Crippen molar-refractivity contribution in [2.75, 3.05) is 18.5 Å². The van der Waals surface area contributed by atoms with Gasteiger partial charge in [0, 0.05) is 31.4 Å². The van der Waals surface area contributed by atoms with E-state index in [1.807, 2.05) is 11.6 Å². The molecule has 1 heterocycles. The number of pyridine rings is 1. The fourth-order valence-corrected chi connectivity index (χ4v) is 5.96. The molecule has 6 aromatic rings. The number of hydrogen-bond acceptors (Lipinski definition) is 1. The molecule has 0 spiro atoms. The predicted molar refractivity (Wildman–Crippen MR) is 192 cm³/mol. The highest BCUT2D eigenvalue weighted by Gasteiger charge is 2.31. The van der Waals surface area contributed by atoms with Crippen molar-refractivity contribution in [1.82, 2.24) is 0 Å². The van der Waals surface area contributed by atoms with Crippen LogP contribution in [-0.4, -0.2) is 19.7 Å². The number of aryl methyl sites for hydroxylation is 1. The molecule has 0 saturated carbocycles. The molecule has 0 atom stereocenters. The molecule has 0 bridgehead atoms. The molecule has 0 saturated heterocycles. The molecule has 2 nitrogen and oxygen atoms in total. The highest BCUT2D eigenvalue weighted by Crippen LogP contribution is 2.15. The first-order valence-electron chi connectivity index (χ1n) is 15.4. The van der Waals surface area contributed by atoms with Crippen LogP contribution >= 0.6 is 0 Å². The molecule has 0 amide bonds. The van der Waals surface area contributed by atoms with E-state index >= 15 is 0 Å². The number of hydrogen-bond donors (Lipinski definition) is 0. The molecule has 0 radical (unpaired) electrons. The summed E-state index contributed by atoms with van der Waals surface area (Å²) in [6.07, 6.45) is 7.17. The van der Waals surface area contributed by atoms with Gasteiger partial charge < -0.3 is 4.90 Å². The number of rotatable bonds is 8. The van der Waals surface area contributed by atoms with Crippen LogP contribution in [0.1, 0.15) is 18.1 Å². The van der Waals surface area contributed by atoms with Gasteiger partial charge in [-0.25, -0.2) is 4.57 Å². The molecule has 0 N–H and O–H groups in total. The van der Waals surface area contributed by atoms with Gasteiger partial charge in [0.1, 0.15) is 13.2 Å². The summed E-state index contributed by atoms with van der Waals surface area (Å²) in [7, 11) is 4.13. The molecular formula is C41H41BN2. The molecule has 3 heteroatoms. The van der Waals surface area contributed by atoms with Crippen molar-refractivity contribution in [1.29, 1.82) is 0 Å². The fourth-order valence-electron chi connectivity index (χ4n) is 5.96. The van der Waals surface area contributed by atoms with Gasteiger partial charge >= 0.3 is 0 Å². The van der Waals surface area contributed by atoms with Crippen molar-refractivity contribution in [2.45, 2.75) is 6.92 Å². The molecule has 1 aromatic heterocycles. The minimum Gasteiger partial charge on any atom is -0.375 e. The number of benzene rings is 5. The first kappa shape index (κ1) is 30.3. The zero-order valence-corrected chi connectivity index (χ0v) is 26.0. The van der Waals surface area contributed by atoms with Gasteiger partial charge in [0.15, 0.2) is 12.4 Å². The van der Waals surface area contributed by atoms with Gasteiger partial charge in [-0.05, 0) is 30.2 Å². The zero-order chi connectivity index (χ0) is 30.6. The Balaban J connectivity index is 0.000000182. The summed E-state index contributed by atoms with van der Waals surface area (Å²) in [5.74, 6) is 0. The molecule has 218 valence electrons. The third-order valence-electron chi connectivity index (χ3n) is 8.48. The van der Waals surface area contributed by atoms with Crippen molar-refractivity contribution in [3.8, 4) is 0 Å². The van der Waals surface area contributed by atoms with Gasteiger partial charge in [0.25, 0.3) is 0 Å². The van der Waals surface area contributed by atoms with Gasteiger partial charge in [-0.15, -0.1) is 0 Å². The normalized spacial score (nSPS) is 11.1. The Bertz CT molecular complexity index is 1550. The molecule has 0 aliphatic heterocycles. The van der Waals surface area contributed by atoms with Gasteiger partial charge in [-0.1, -0.05) is 146 Å². The highest BCUT2D eigenvalue weighted by atomic mass is 15.1. The van der Waals surface area contributed by atoms with E-state index in [0.29, 0.717) is 0 Å². The third-order valence-corrected chi connectivity index (χ3v) is 8.48. The minimum atomic E-state index is -1.22. The largest absolute Gasteiger partial charge is 0.375 e. The SMILES string of the molecule is CCN(C)c1ccc(/C=C/c2cc[n+](C)cc2)cc1.c1ccc([B-](c2ccccc2)(c2ccccc2)c2ccccc2)cc1. The summed E-state index contributed by atoms with van der Waals surface area (Å²) in [4.78, 5) is 2.23. The second kappa shape index (κ2) is 14.8. The quantitative estimate of drug-likeness (QED) is 0.156. The van der Waals surface area contributed by atoms with Crippen molar-refractivity contribution in [3.63, 3.8) is 0 Å². The van der Waals surface area contributed by atoms with Crippen molar-refractivity contribution in [3.05, 3.63) is 181 Å². The number of nitrogens with zero attached hydrogens (tertiary/aromatic N) is 2. The Labute approximate surface area is 263 Å². The smallest absolute Gasteiger partial charge is 0.169 e. The van der Waals surface area contributed by atoms with E-state index in [2.05, 4.69) is 201 Å². The molecule has 6 rings (SSSR count). The maximum atomic E-state index is 2.26. The Kier molecular flexibility index (Phi) is 10.2. The highest BCUT2D eigenvalue weighted by molar-refractivity contribution is 7.19. The number of aromatic nitrogens is 1. The lowest BCUT2D eigenvalue weighted by atomic mass is 9.13. The van der Waals surface area contributed by atoms with E-state index in [-0.39, 0.29) is 0 Å². The molecular weight excluding hydrogens is 531 g/mol. The maximum absolute atomic E-state index is 2.26. The van der Waals surface area contributed by atoms with Crippen LogP contribution in [0, 0.1) is 0 Å². The van der Waals surface area contributed by atoms with Gasteiger partial charge in [-0.2, -0.15) is 21.9 Å². The summed E-state index contributed by atoms with van der Waals surface area (Å²) in [6.45, 7) is 3.18. The third kappa shape index (κ3) is 7.07. The lowest BCUT2D eigenvalue weighted by Gasteiger charge is -2.44. The lowest BCUT2D eigenvalue weighted by Crippen LogP contribution is -2.74. The Hall–Kier alpha value is -5.15.